The average molecular weight is 248 g/mol. The standard InChI is InChI=1S/C12H16N4O2/c1-4-9-15-10(5-11(17)16-9)13-6-12-14-7(2)8(3)18-12/h5H,4,6H2,1-3H3,(H2,13,15,16,17). The Morgan fingerprint density at radius 2 is 2.17 bits per heavy atom. The molecular weight excluding hydrogens is 232 g/mol. The molecule has 0 radical (unpaired) electrons. The normalized spacial score (nSPS) is 10.6. The summed E-state index contributed by atoms with van der Waals surface area (Å²) >= 11 is 0. The van der Waals surface area contributed by atoms with Crippen molar-refractivity contribution in [2.75, 3.05) is 5.32 Å². The van der Waals surface area contributed by atoms with E-state index in [0.717, 1.165) is 11.5 Å². The third-order valence-electron chi connectivity index (χ3n) is 2.62. The largest absolute Gasteiger partial charge is 0.444 e. The van der Waals surface area contributed by atoms with E-state index in [9.17, 15) is 4.79 Å². The van der Waals surface area contributed by atoms with Gasteiger partial charge in [-0.1, -0.05) is 6.92 Å². The van der Waals surface area contributed by atoms with Crippen molar-refractivity contribution in [3.05, 3.63) is 39.6 Å². The number of aromatic nitrogens is 3. The molecule has 6 heteroatoms. The molecule has 2 heterocycles. The SMILES string of the molecule is CCc1nc(NCc2nc(C)c(C)o2)cc(=O)[nH]1. The minimum absolute atomic E-state index is 0.163. The molecule has 0 unspecified atom stereocenters. The Kier molecular flexibility index (Phi) is 3.45. The zero-order valence-corrected chi connectivity index (χ0v) is 10.7. The number of oxazole rings is 1. The maximum Gasteiger partial charge on any atom is 0.252 e. The van der Waals surface area contributed by atoms with Gasteiger partial charge in [-0.05, 0) is 13.8 Å². The Balaban J connectivity index is 2.10. The highest BCUT2D eigenvalue weighted by molar-refractivity contribution is 5.33. The fourth-order valence-corrected chi connectivity index (χ4v) is 1.55. The lowest BCUT2D eigenvalue weighted by Gasteiger charge is -2.03. The highest BCUT2D eigenvalue weighted by atomic mass is 16.4. The smallest absolute Gasteiger partial charge is 0.252 e. The summed E-state index contributed by atoms with van der Waals surface area (Å²) in [6.45, 7) is 6.10. The van der Waals surface area contributed by atoms with Crippen molar-refractivity contribution in [1.29, 1.82) is 0 Å². The number of anilines is 1. The molecule has 0 atom stereocenters. The number of aryl methyl sites for hydroxylation is 3. The van der Waals surface area contributed by atoms with Crippen LogP contribution in [0.4, 0.5) is 5.82 Å². The number of hydrogen-bond donors (Lipinski definition) is 2. The minimum Gasteiger partial charge on any atom is -0.444 e. The van der Waals surface area contributed by atoms with Crippen molar-refractivity contribution in [3.63, 3.8) is 0 Å². The van der Waals surface area contributed by atoms with Crippen LogP contribution in [0.15, 0.2) is 15.3 Å². The number of nitrogens with zero attached hydrogens (tertiary/aromatic N) is 2. The predicted octanol–water partition coefficient (Wildman–Crippen LogP) is 1.55. The average Bonchev–Trinajstić information content (AvgIpc) is 2.65. The maximum atomic E-state index is 11.4. The van der Waals surface area contributed by atoms with Crippen LogP contribution in [0, 0.1) is 13.8 Å². The van der Waals surface area contributed by atoms with Crippen LogP contribution in [0.1, 0.15) is 30.1 Å². The summed E-state index contributed by atoms with van der Waals surface area (Å²) in [5.74, 6) is 2.58. The fraction of sp³-hybridized carbons (Fsp3) is 0.417. The second kappa shape index (κ2) is 5.03. The van der Waals surface area contributed by atoms with Gasteiger partial charge in [0.15, 0.2) is 0 Å². The van der Waals surface area contributed by atoms with Crippen LogP contribution in [0.25, 0.3) is 0 Å². The Labute approximate surface area is 104 Å². The zero-order valence-electron chi connectivity index (χ0n) is 10.7. The van der Waals surface area contributed by atoms with E-state index in [1.54, 1.807) is 0 Å². The Morgan fingerprint density at radius 3 is 2.78 bits per heavy atom. The van der Waals surface area contributed by atoms with Crippen LogP contribution in [0.3, 0.4) is 0 Å². The molecule has 2 aromatic heterocycles. The molecule has 18 heavy (non-hydrogen) atoms. The lowest BCUT2D eigenvalue weighted by molar-refractivity contribution is 0.478. The number of H-pyrrole nitrogens is 1. The Morgan fingerprint density at radius 1 is 1.39 bits per heavy atom. The van der Waals surface area contributed by atoms with Crippen LogP contribution in [0.2, 0.25) is 0 Å². The van der Waals surface area contributed by atoms with E-state index in [2.05, 4.69) is 20.3 Å². The lowest BCUT2D eigenvalue weighted by Crippen LogP contribution is -2.13. The van der Waals surface area contributed by atoms with Gasteiger partial charge in [-0.2, -0.15) is 0 Å². The zero-order chi connectivity index (χ0) is 13.1. The molecule has 0 amide bonds. The number of hydrogen-bond acceptors (Lipinski definition) is 5. The van der Waals surface area contributed by atoms with Crippen LogP contribution in [-0.2, 0) is 13.0 Å². The van der Waals surface area contributed by atoms with Crippen molar-refractivity contribution in [2.45, 2.75) is 33.7 Å². The highest BCUT2D eigenvalue weighted by Crippen LogP contribution is 2.09. The van der Waals surface area contributed by atoms with E-state index in [0.29, 0.717) is 30.5 Å². The molecule has 2 N–H and O–H groups in total. The predicted molar refractivity (Wildman–Crippen MR) is 67.5 cm³/mol. The van der Waals surface area contributed by atoms with Crippen molar-refractivity contribution < 1.29 is 4.42 Å². The van der Waals surface area contributed by atoms with Crippen molar-refractivity contribution in [3.8, 4) is 0 Å². The van der Waals surface area contributed by atoms with E-state index in [-0.39, 0.29) is 5.56 Å². The van der Waals surface area contributed by atoms with Crippen molar-refractivity contribution in [2.24, 2.45) is 0 Å². The number of rotatable bonds is 4. The molecule has 0 fully saturated rings. The van der Waals surface area contributed by atoms with Gasteiger partial charge in [0.1, 0.15) is 17.4 Å². The van der Waals surface area contributed by atoms with Gasteiger partial charge >= 0.3 is 0 Å². The molecular formula is C12H16N4O2. The van der Waals surface area contributed by atoms with Gasteiger partial charge in [0.05, 0.1) is 12.2 Å². The van der Waals surface area contributed by atoms with Gasteiger partial charge in [-0.25, -0.2) is 9.97 Å². The second-order valence-corrected chi connectivity index (χ2v) is 4.03. The summed E-state index contributed by atoms with van der Waals surface area (Å²) in [5.41, 5.74) is 0.712. The number of aromatic amines is 1. The summed E-state index contributed by atoms with van der Waals surface area (Å²) in [5, 5.41) is 3.03. The van der Waals surface area contributed by atoms with Crippen LogP contribution >= 0.6 is 0 Å². The molecule has 0 saturated carbocycles. The molecule has 0 aliphatic heterocycles. The van der Waals surface area contributed by atoms with Crippen molar-refractivity contribution >= 4 is 5.82 Å². The highest BCUT2D eigenvalue weighted by Gasteiger charge is 2.06. The molecule has 96 valence electrons. The molecule has 0 bridgehead atoms. The summed E-state index contributed by atoms with van der Waals surface area (Å²) in [6.07, 6.45) is 0.683. The lowest BCUT2D eigenvalue weighted by atomic mass is 10.4. The summed E-state index contributed by atoms with van der Waals surface area (Å²) in [4.78, 5) is 22.5. The monoisotopic (exact) mass is 248 g/mol. The van der Waals surface area contributed by atoms with Crippen LogP contribution in [0.5, 0.6) is 0 Å². The third-order valence-corrected chi connectivity index (χ3v) is 2.62. The third kappa shape index (κ3) is 2.77. The van der Waals surface area contributed by atoms with Gasteiger partial charge in [-0.3, -0.25) is 4.79 Å². The first-order valence-corrected chi connectivity index (χ1v) is 5.85. The molecule has 0 spiro atoms. The minimum atomic E-state index is -0.163. The van der Waals surface area contributed by atoms with Gasteiger partial charge in [0, 0.05) is 12.5 Å². The van der Waals surface area contributed by atoms with E-state index in [1.165, 1.54) is 6.07 Å². The Hall–Kier alpha value is -2.11. The van der Waals surface area contributed by atoms with E-state index >= 15 is 0 Å². The van der Waals surface area contributed by atoms with Crippen LogP contribution in [-0.4, -0.2) is 15.0 Å². The van der Waals surface area contributed by atoms with Crippen LogP contribution < -0.4 is 10.9 Å². The maximum absolute atomic E-state index is 11.4. The first-order chi connectivity index (χ1) is 8.58. The second-order valence-electron chi connectivity index (χ2n) is 4.03. The van der Waals surface area contributed by atoms with Gasteiger partial charge < -0.3 is 14.7 Å². The molecule has 6 nitrogen and oxygen atoms in total. The molecule has 0 aromatic carbocycles. The van der Waals surface area contributed by atoms with Gasteiger partial charge in [-0.15, -0.1) is 0 Å². The molecule has 0 aliphatic rings. The van der Waals surface area contributed by atoms with E-state index in [1.807, 2.05) is 20.8 Å². The molecule has 2 rings (SSSR count). The number of nitrogens with one attached hydrogen (secondary N) is 2. The molecule has 0 aliphatic carbocycles. The van der Waals surface area contributed by atoms with Gasteiger partial charge in [0.2, 0.25) is 5.89 Å². The molecule has 2 aromatic rings. The van der Waals surface area contributed by atoms with E-state index in [4.69, 9.17) is 4.42 Å². The summed E-state index contributed by atoms with van der Waals surface area (Å²) in [6, 6.07) is 1.42. The Bertz CT molecular complexity index is 581. The van der Waals surface area contributed by atoms with E-state index < -0.39 is 0 Å². The summed E-state index contributed by atoms with van der Waals surface area (Å²) in [7, 11) is 0. The fourth-order valence-electron chi connectivity index (χ4n) is 1.55. The first-order valence-electron chi connectivity index (χ1n) is 5.85. The van der Waals surface area contributed by atoms with Crippen molar-refractivity contribution in [1.82, 2.24) is 15.0 Å². The molecule has 0 saturated heterocycles. The first kappa shape index (κ1) is 12.3. The van der Waals surface area contributed by atoms with Gasteiger partial charge in [0.25, 0.3) is 5.56 Å². The topological polar surface area (TPSA) is 83.8 Å². The quantitative estimate of drug-likeness (QED) is 0.857. The summed E-state index contributed by atoms with van der Waals surface area (Å²) < 4.78 is 5.44.